The Morgan fingerprint density at radius 3 is 2.17 bits per heavy atom. The predicted octanol–water partition coefficient (Wildman–Crippen LogP) is 4.28. The van der Waals surface area contributed by atoms with E-state index in [1.807, 2.05) is 89.3 Å². The number of nitrogens with zero attached hydrogens (tertiary/aromatic N) is 4. The van der Waals surface area contributed by atoms with Gasteiger partial charge in [0, 0.05) is 14.1 Å². The fraction of sp³-hybridized carbons (Fsp3) is 0.107. The summed E-state index contributed by atoms with van der Waals surface area (Å²) in [5.74, 6) is 0.713. The lowest BCUT2D eigenvalue weighted by atomic mass is 10.1. The predicted molar refractivity (Wildman–Crippen MR) is 137 cm³/mol. The highest BCUT2D eigenvalue weighted by atomic mass is 16.5. The van der Waals surface area contributed by atoms with E-state index in [-0.39, 0.29) is 12.2 Å². The van der Waals surface area contributed by atoms with Gasteiger partial charge in [-0.1, -0.05) is 60.7 Å². The third-order valence-electron chi connectivity index (χ3n) is 6.39. The molecule has 35 heavy (non-hydrogen) atoms. The maximum absolute atomic E-state index is 13.6. The first-order valence-electron chi connectivity index (χ1n) is 11.3. The van der Waals surface area contributed by atoms with E-state index in [1.54, 1.807) is 7.05 Å². The highest BCUT2D eigenvalue weighted by Crippen LogP contribution is 2.35. The number of fused-ring (bicyclic) bond motifs is 5. The molecule has 0 amide bonds. The Kier molecular flexibility index (Phi) is 4.77. The Morgan fingerprint density at radius 1 is 0.771 bits per heavy atom. The van der Waals surface area contributed by atoms with Crippen LogP contribution in [0.5, 0.6) is 5.75 Å². The molecule has 0 aliphatic carbocycles. The molecule has 0 bridgehead atoms. The molecule has 0 fully saturated rings. The van der Waals surface area contributed by atoms with Gasteiger partial charge in [-0.3, -0.25) is 13.9 Å². The van der Waals surface area contributed by atoms with Crippen molar-refractivity contribution in [1.29, 1.82) is 0 Å². The summed E-state index contributed by atoms with van der Waals surface area (Å²) in [5.41, 5.74) is 4.35. The standard InChI is InChI=1S/C28H22N4O3/c1-30-26-23(27(33)31(2)28(30)34)24(18-11-5-3-6-12-18)32-22-16-10-9-15-20(22)29-21(25(26)32)17-35-19-13-7-4-8-14-19/h3-16H,17H2,1-2H3. The van der Waals surface area contributed by atoms with Gasteiger partial charge < -0.3 is 9.14 Å². The summed E-state index contributed by atoms with van der Waals surface area (Å²) < 4.78 is 10.8. The van der Waals surface area contributed by atoms with E-state index in [4.69, 9.17) is 9.72 Å². The first-order chi connectivity index (χ1) is 17.1. The van der Waals surface area contributed by atoms with Crippen LogP contribution in [0, 0.1) is 0 Å². The van der Waals surface area contributed by atoms with Crippen molar-refractivity contribution >= 4 is 27.5 Å². The molecule has 0 aliphatic heterocycles. The van der Waals surface area contributed by atoms with Crippen LogP contribution in [-0.2, 0) is 20.7 Å². The lowest BCUT2D eigenvalue weighted by Gasteiger charge is -2.12. The number of benzene rings is 3. The van der Waals surface area contributed by atoms with E-state index in [2.05, 4.69) is 0 Å². The number of hydrogen-bond acceptors (Lipinski definition) is 4. The summed E-state index contributed by atoms with van der Waals surface area (Å²) >= 11 is 0. The van der Waals surface area contributed by atoms with Crippen molar-refractivity contribution in [3.8, 4) is 17.0 Å². The minimum Gasteiger partial charge on any atom is -0.487 e. The number of para-hydroxylation sites is 3. The van der Waals surface area contributed by atoms with Gasteiger partial charge in [0.1, 0.15) is 18.1 Å². The number of hydrogen-bond donors (Lipinski definition) is 0. The number of rotatable bonds is 4. The summed E-state index contributed by atoms with van der Waals surface area (Å²) in [6, 6.07) is 27.1. The lowest BCUT2D eigenvalue weighted by molar-refractivity contribution is 0.303. The molecule has 7 nitrogen and oxygen atoms in total. The molecule has 0 radical (unpaired) electrons. The zero-order valence-corrected chi connectivity index (χ0v) is 19.3. The van der Waals surface area contributed by atoms with E-state index in [9.17, 15) is 9.59 Å². The minimum absolute atomic E-state index is 0.176. The normalized spacial score (nSPS) is 11.5. The fourth-order valence-corrected chi connectivity index (χ4v) is 4.76. The van der Waals surface area contributed by atoms with Gasteiger partial charge in [-0.05, 0) is 29.8 Å². The van der Waals surface area contributed by atoms with Crippen LogP contribution in [0.1, 0.15) is 5.69 Å². The SMILES string of the molecule is Cn1c(=O)c2c(-c3ccccc3)n3c4ccccc4nc(COc4ccccc4)c3c2n(C)c1=O. The Morgan fingerprint density at radius 2 is 1.43 bits per heavy atom. The smallest absolute Gasteiger partial charge is 0.331 e. The summed E-state index contributed by atoms with van der Waals surface area (Å²) in [7, 11) is 3.20. The minimum atomic E-state index is -0.391. The van der Waals surface area contributed by atoms with Crippen LogP contribution < -0.4 is 16.0 Å². The second-order valence-electron chi connectivity index (χ2n) is 8.48. The monoisotopic (exact) mass is 462 g/mol. The molecule has 0 aliphatic rings. The van der Waals surface area contributed by atoms with Crippen molar-refractivity contribution < 1.29 is 4.74 Å². The average Bonchev–Trinajstić information content (AvgIpc) is 3.27. The molecule has 0 unspecified atom stereocenters. The third kappa shape index (κ3) is 3.16. The van der Waals surface area contributed by atoms with Crippen LogP contribution in [-0.4, -0.2) is 18.5 Å². The van der Waals surface area contributed by atoms with Crippen molar-refractivity contribution in [3.63, 3.8) is 0 Å². The molecule has 6 rings (SSSR count). The first kappa shape index (κ1) is 20.9. The molecule has 3 aromatic carbocycles. The molecule has 0 saturated heterocycles. The Bertz CT molecular complexity index is 1850. The van der Waals surface area contributed by atoms with E-state index in [0.717, 1.165) is 26.9 Å². The van der Waals surface area contributed by atoms with Crippen LogP contribution in [0.15, 0.2) is 94.5 Å². The molecule has 3 aromatic heterocycles. The summed E-state index contributed by atoms with van der Waals surface area (Å²) in [6.45, 7) is 0.176. The van der Waals surface area contributed by atoms with Crippen molar-refractivity contribution in [2.24, 2.45) is 14.1 Å². The largest absolute Gasteiger partial charge is 0.487 e. The maximum Gasteiger partial charge on any atom is 0.331 e. The summed E-state index contributed by atoms with van der Waals surface area (Å²) in [4.78, 5) is 31.5. The third-order valence-corrected chi connectivity index (χ3v) is 6.39. The van der Waals surface area contributed by atoms with Crippen molar-refractivity contribution in [3.05, 3.63) is 111 Å². The zero-order valence-electron chi connectivity index (χ0n) is 19.3. The van der Waals surface area contributed by atoms with Gasteiger partial charge in [0.25, 0.3) is 5.56 Å². The Hall–Kier alpha value is -4.65. The van der Waals surface area contributed by atoms with Crippen LogP contribution in [0.3, 0.4) is 0 Å². The molecule has 6 aromatic rings. The van der Waals surface area contributed by atoms with Crippen LogP contribution in [0.2, 0.25) is 0 Å². The van der Waals surface area contributed by atoms with Gasteiger partial charge in [-0.2, -0.15) is 0 Å². The Balaban J connectivity index is 1.82. The van der Waals surface area contributed by atoms with Gasteiger partial charge in [-0.25, -0.2) is 9.78 Å². The second-order valence-corrected chi connectivity index (χ2v) is 8.48. The quantitative estimate of drug-likeness (QED) is 0.392. The highest BCUT2D eigenvalue weighted by molar-refractivity contribution is 6.07. The van der Waals surface area contributed by atoms with Crippen molar-refractivity contribution in [2.75, 3.05) is 0 Å². The van der Waals surface area contributed by atoms with Crippen LogP contribution in [0.4, 0.5) is 0 Å². The summed E-state index contributed by atoms with van der Waals surface area (Å²) in [6.07, 6.45) is 0. The van der Waals surface area contributed by atoms with Gasteiger partial charge >= 0.3 is 5.69 Å². The van der Waals surface area contributed by atoms with Gasteiger partial charge in [0.2, 0.25) is 0 Å². The van der Waals surface area contributed by atoms with E-state index >= 15 is 0 Å². The topological polar surface area (TPSA) is 70.5 Å². The molecule has 172 valence electrons. The lowest BCUT2D eigenvalue weighted by Crippen LogP contribution is -2.36. The van der Waals surface area contributed by atoms with E-state index in [0.29, 0.717) is 27.9 Å². The molecular weight excluding hydrogens is 440 g/mol. The Labute approximate surface area is 200 Å². The molecule has 0 spiro atoms. The molecule has 3 heterocycles. The van der Waals surface area contributed by atoms with Gasteiger partial charge in [0.15, 0.2) is 0 Å². The molecule has 0 atom stereocenters. The number of aryl methyl sites for hydroxylation is 1. The van der Waals surface area contributed by atoms with Crippen LogP contribution in [0.25, 0.3) is 38.7 Å². The van der Waals surface area contributed by atoms with Crippen molar-refractivity contribution in [1.82, 2.24) is 18.5 Å². The summed E-state index contributed by atoms with van der Waals surface area (Å²) in [5, 5.41) is 0.472. The number of aromatic nitrogens is 4. The van der Waals surface area contributed by atoms with E-state index < -0.39 is 5.69 Å². The first-order valence-corrected chi connectivity index (χ1v) is 11.3. The van der Waals surface area contributed by atoms with Crippen LogP contribution >= 0.6 is 0 Å². The molecular formula is C28H22N4O3. The molecule has 0 saturated carbocycles. The number of ether oxygens (including phenoxy) is 1. The molecule has 0 N–H and O–H groups in total. The highest BCUT2D eigenvalue weighted by Gasteiger charge is 2.25. The van der Waals surface area contributed by atoms with E-state index in [1.165, 1.54) is 11.6 Å². The fourth-order valence-electron chi connectivity index (χ4n) is 4.76. The van der Waals surface area contributed by atoms with Gasteiger partial charge in [0.05, 0.1) is 33.1 Å². The maximum atomic E-state index is 13.6. The van der Waals surface area contributed by atoms with Gasteiger partial charge in [-0.15, -0.1) is 0 Å². The second kappa shape index (κ2) is 7.99. The molecule has 7 heteroatoms. The average molecular weight is 463 g/mol. The van der Waals surface area contributed by atoms with Crippen molar-refractivity contribution in [2.45, 2.75) is 6.61 Å². The zero-order chi connectivity index (χ0) is 24.1.